The number of aromatic nitrogens is 1. The van der Waals surface area contributed by atoms with Crippen LogP contribution < -0.4 is 14.3 Å². The molecule has 0 radical (unpaired) electrons. The molecule has 4 aromatic rings. The summed E-state index contributed by atoms with van der Waals surface area (Å²) in [6, 6.07) is 18.2. The summed E-state index contributed by atoms with van der Waals surface area (Å²) >= 11 is 3.58. The van der Waals surface area contributed by atoms with Gasteiger partial charge in [-0.2, -0.15) is 13.5 Å². The van der Waals surface area contributed by atoms with Crippen molar-refractivity contribution in [2.24, 2.45) is 5.10 Å². The number of hydrogen-bond donors (Lipinski definition) is 1. The van der Waals surface area contributed by atoms with Gasteiger partial charge in [0, 0.05) is 21.0 Å². The number of benzene rings is 3. The molecule has 7 nitrogen and oxygen atoms in total. The fourth-order valence-electron chi connectivity index (χ4n) is 4.09. The van der Waals surface area contributed by atoms with Gasteiger partial charge in [-0.25, -0.2) is 9.82 Å². The van der Waals surface area contributed by atoms with E-state index < -0.39 is 10.0 Å². The lowest BCUT2D eigenvalue weighted by Gasteiger charge is -2.20. The Labute approximate surface area is 225 Å². The third-order valence-electron chi connectivity index (χ3n) is 5.96. The molecule has 37 heavy (non-hydrogen) atoms. The van der Waals surface area contributed by atoms with Crippen molar-refractivity contribution in [2.45, 2.75) is 31.6 Å². The first-order chi connectivity index (χ1) is 17.6. The number of aryl methyl sites for hydroxylation is 1. The van der Waals surface area contributed by atoms with Crippen LogP contribution >= 0.6 is 15.9 Å². The number of fused-ring (bicyclic) bond motifs is 1. The van der Waals surface area contributed by atoms with Crippen molar-refractivity contribution in [3.8, 4) is 22.8 Å². The number of ether oxygens (including phenoxy) is 2. The maximum atomic E-state index is 12.6. The quantitative estimate of drug-likeness (QED) is 0.191. The molecule has 0 unspecified atom stereocenters. The lowest BCUT2D eigenvalue weighted by atomic mass is 9.89. The number of methoxy groups -OCH3 is 2. The van der Waals surface area contributed by atoms with Gasteiger partial charge in [0.05, 0.1) is 30.8 Å². The molecule has 0 bridgehead atoms. The summed E-state index contributed by atoms with van der Waals surface area (Å²) in [6.45, 7) is 6.09. The largest absolute Gasteiger partial charge is 0.497 e. The molecule has 0 aliphatic heterocycles. The molecule has 3 aromatic carbocycles. The van der Waals surface area contributed by atoms with E-state index in [4.69, 9.17) is 14.5 Å². The van der Waals surface area contributed by atoms with Gasteiger partial charge in [0.1, 0.15) is 5.75 Å². The normalized spacial score (nSPS) is 11.9. The Morgan fingerprint density at radius 2 is 1.68 bits per heavy atom. The Morgan fingerprint density at radius 1 is 1.00 bits per heavy atom. The fourth-order valence-corrected chi connectivity index (χ4v) is 5.31. The number of halogens is 1. The zero-order valence-electron chi connectivity index (χ0n) is 21.2. The molecular formula is C28H28BrN3O4S. The van der Waals surface area contributed by atoms with Crippen molar-refractivity contribution in [1.82, 2.24) is 9.82 Å². The van der Waals surface area contributed by atoms with E-state index >= 15 is 0 Å². The van der Waals surface area contributed by atoms with Crippen LogP contribution in [0.2, 0.25) is 0 Å². The predicted octanol–water partition coefficient (Wildman–Crippen LogP) is 6.43. The lowest BCUT2D eigenvalue weighted by molar-refractivity contribution is 0.392. The highest BCUT2D eigenvalue weighted by molar-refractivity contribution is 9.10. The molecule has 0 aliphatic rings. The maximum absolute atomic E-state index is 12.6. The molecule has 0 amide bonds. The Kier molecular flexibility index (Phi) is 7.85. The standard InChI is InChI=1S/C28H28BrN3O4S/c1-17(2)26-27(19-8-10-21(35-4)11-9-19)23-14-20(24(29)15-25(23)31-28(26)36-5)16-30-32-37(33,34)22-12-6-18(3)7-13-22/h6-17,32H,1-5H3/b30-16+. The summed E-state index contributed by atoms with van der Waals surface area (Å²) in [5, 5.41) is 4.93. The Balaban J connectivity index is 1.83. The molecule has 9 heteroatoms. The number of sulfonamides is 1. The number of hydrogen-bond acceptors (Lipinski definition) is 6. The van der Waals surface area contributed by atoms with Gasteiger partial charge in [0.25, 0.3) is 10.0 Å². The van der Waals surface area contributed by atoms with Crippen molar-refractivity contribution in [3.05, 3.63) is 81.8 Å². The van der Waals surface area contributed by atoms with Crippen molar-refractivity contribution in [2.75, 3.05) is 14.2 Å². The van der Waals surface area contributed by atoms with Gasteiger partial charge < -0.3 is 9.47 Å². The molecular weight excluding hydrogens is 554 g/mol. The minimum absolute atomic E-state index is 0.131. The summed E-state index contributed by atoms with van der Waals surface area (Å²) in [6.07, 6.45) is 1.48. The van der Waals surface area contributed by atoms with E-state index in [1.807, 2.05) is 43.3 Å². The molecule has 0 aliphatic carbocycles. The molecule has 0 spiro atoms. The van der Waals surface area contributed by atoms with Gasteiger partial charge in [-0.1, -0.05) is 59.6 Å². The van der Waals surface area contributed by atoms with E-state index in [-0.39, 0.29) is 10.8 Å². The lowest BCUT2D eigenvalue weighted by Crippen LogP contribution is -2.18. The van der Waals surface area contributed by atoms with Crippen LogP contribution in [0.5, 0.6) is 11.6 Å². The summed E-state index contributed by atoms with van der Waals surface area (Å²) < 4.78 is 37.0. The number of nitrogens with zero attached hydrogens (tertiary/aromatic N) is 2. The van der Waals surface area contributed by atoms with Crippen LogP contribution in [-0.2, 0) is 10.0 Å². The van der Waals surface area contributed by atoms with E-state index in [1.54, 1.807) is 38.5 Å². The molecule has 1 aromatic heterocycles. The second-order valence-electron chi connectivity index (χ2n) is 8.85. The number of hydrazone groups is 1. The third kappa shape index (κ3) is 5.62. The Morgan fingerprint density at radius 3 is 2.27 bits per heavy atom. The van der Waals surface area contributed by atoms with E-state index in [9.17, 15) is 8.42 Å². The summed E-state index contributed by atoms with van der Waals surface area (Å²) in [5.41, 5.74) is 5.35. The topological polar surface area (TPSA) is 89.9 Å². The second kappa shape index (κ2) is 10.9. The van der Waals surface area contributed by atoms with Crippen LogP contribution in [0.15, 0.2) is 75.1 Å². The fraction of sp³-hybridized carbons (Fsp3) is 0.214. The van der Waals surface area contributed by atoms with Crippen LogP contribution in [0, 0.1) is 6.92 Å². The minimum Gasteiger partial charge on any atom is -0.497 e. The number of rotatable bonds is 8. The van der Waals surface area contributed by atoms with Crippen molar-refractivity contribution < 1.29 is 17.9 Å². The first kappa shape index (κ1) is 26.6. The second-order valence-corrected chi connectivity index (χ2v) is 11.4. The SMILES string of the molecule is COc1ccc(-c2c(C(C)C)c(OC)nc3cc(Br)c(/C=N/NS(=O)(=O)c4ccc(C)cc4)cc23)cc1. The van der Waals surface area contributed by atoms with Crippen LogP contribution in [0.25, 0.3) is 22.0 Å². The first-order valence-electron chi connectivity index (χ1n) is 11.6. The van der Waals surface area contributed by atoms with Crippen molar-refractivity contribution in [3.63, 3.8) is 0 Å². The first-order valence-corrected chi connectivity index (χ1v) is 13.9. The Hall–Kier alpha value is -3.43. The molecule has 4 rings (SSSR count). The summed E-state index contributed by atoms with van der Waals surface area (Å²) in [7, 11) is -0.538. The highest BCUT2D eigenvalue weighted by atomic mass is 79.9. The number of nitrogens with one attached hydrogen (secondary N) is 1. The average Bonchev–Trinajstić information content (AvgIpc) is 2.88. The minimum atomic E-state index is -3.79. The van der Waals surface area contributed by atoms with Gasteiger partial charge >= 0.3 is 0 Å². The van der Waals surface area contributed by atoms with Crippen LogP contribution in [0.1, 0.15) is 36.5 Å². The molecule has 0 atom stereocenters. The zero-order valence-corrected chi connectivity index (χ0v) is 23.6. The van der Waals surface area contributed by atoms with Gasteiger partial charge in [0.2, 0.25) is 5.88 Å². The summed E-state index contributed by atoms with van der Waals surface area (Å²) in [4.78, 5) is 7.21. The predicted molar refractivity (Wildman–Crippen MR) is 151 cm³/mol. The molecule has 192 valence electrons. The van der Waals surface area contributed by atoms with E-state index in [0.29, 0.717) is 15.9 Å². The van der Waals surface area contributed by atoms with Crippen LogP contribution in [0.3, 0.4) is 0 Å². The van der Waals surface area contributed by atoms with Crippen LogP contribution in [0.4, 0.5) is 0 Å². The highest BCUT2D eigenvalue weighted by Crippen LogP contribution is 2.41. The monoisotopic (exact) mass is 581 g/mol. The Bertz CT molecular complexity index is 1570. The summed E-state index contributed by atoms with van der Waals surface area (Å²) in [5.74, 6) is 1.45. The molecule has 0 fully saturated rings. The molecule has 1 N–H and O–H groups in total. The highest BCUT2D eigenvalue weighted by Gasteiger charge is 2.21. The van der Waals surface area contributed by atoms with Gasteiger partial charge in [-0.3, -0.25) is 0 Å². The van der Waals surface area contributed by atoms with Crippen molar-refractivity contribution in [1.29, 1.82) is 0 Å². The van der Waals surface area contributed by atoms with Crippen LogP contribution in [-0.4, -0.2) is 33.8 Å². The van der Waals surface area contributed by atoms with E-state index in [0.717, 1.165) is 38.9 Å². The molecule has 0 saturated heterocycles. The third-order valence-corrected chi connectivity index (χ3v) is 7.89. The molecule has 0 saturated carbocycles. The van der Waals surface area contributed by atoms with E-state index in [1.165, 1.54) is 6.21 Å². The smallest absolute Gasteiger partial charge is 0.276 e. The number of pyridine rings is 1. The van der Waals surface area contributed by atoms with E-state index in [2.05, 4.69) is 39.7 Å². The van der Waals surface area contributed by atoms with Crippen molar-refractivity contribution >= 4 is 43.1 Å². The molecule has 1 heterocycles. The van der Waals surface area contributed by atoms with Gasteiger partial charge in [-0.05, 0) is 60.4 Å². The van der Waals surface area contributed by atoms with Gasteiger partial charge in [0.15, 0.2) is 0 Å². The zero-order chi connectivity index (χ0) is 26.7. The maximum Gasteiger partial charge on any atom is 0.276 e. The van der Waals surface area contributed by atoms with Gasteiger partial charge in [-0.15, -0.1) is 0 Å². The average molecular weight is 583 g/mol.